The van der Waals surface area contributed by atoms with Gasteiger partial charge >= 0.3 is 0 Å². The highest BCUT2D eigenvalue weighted by atomic mass is 16.2. The molecule has 0 radical (unpaired) electrons. The Hall–Kier alpha value is -1.88. The first kappa shape index (κ1) is 12.6. The number of anilines is 1. The van der Waals surface area contributed by atoms with Gasteiger partial charge in [-0.15, -0.1) is 0 Å². The molecule has 1 saturated heterocycles. The van der Waals surface area contributed by atoms with Crippen LogP contribution >= 0.6 is 0 Å². The van der Waals surface area contributed by atoms with Crippen LogP contribution in [-0.4, -0.2) is 24.4 Å². The lowest BCUT2D eigenvalue weighted by Gasteiger charge is -2.35. The van der Waals surface area contributed by atoms with Crippen LogP contribution in [0.5, 0.6) is 0 Å². The highest BCUT2D eigenvalue weighted by Gasteiger charge is 2.31. The van der Waals surface area contributed by atoms with Gasteiger partial charge in [0.2, 0.25) is 11.8 Å². The third-order valence-electron chi connectivity index (χ3n) is 3.16. The van der Waals surface area contributed by atoms with Gasteiger partial charge in [0.1, 0.15) is 6.04 Å². The Morgan fingerprint density at radius 2 is 2.06 bits per heavy atom. The monoisotopic (exact) mass is 247 g/mol. The molecule has 1 aromatic rings. The summed E-state index contributed by atoms with van der Waals surface area (Å²) < 4.78 is 0. The Bertz CT molecular complexity index is 485. The van der Waals surface area contributed by atoms with E-state index in [4.69, 9.17) is 5.73 Å². The Morgan fingerprint density at radius 3 is 2.72 bits per heavy atom. The van der Waals surface area contributed by atoms with Crippen molar-refractivity contribution in [2.24, 2.45) is 5.73 Å². The number of benzene rings is 1. The molecule has 2 rings (SSSR count). The van der Waals surface area contributed by atoms with Crippen LogP contribution in [0.15, 0.2) is 24.3 Å². The molecule has 1 aromatic carbocycles. The maximum atomic E-state index is 11.7. The number of para-hydroxylation sites is 1. The molecule has 0 saturated carbocycles. The molecule has 1 heterocycles. The summed E-state index contributed by atoms with van der Waals surface area (Å²) in [5.74, 6) is -0.552. The summed E-state index contributed by atoms with van der Waals surface area (Å²) in [7, 11) is 0. The van der Waals surface area contributed by atoms with E-state index in [9.17, 15) is 9.59 Å². The van der Waals surface area contributed by atoms with E-state index in [0.717, 1.165) is 11.3 Å². The van der Waals surface area contributed by atoms with Gasteiger partial charge in [-0.2, -0.15) is 0 Å². The average molecular weight is 247 g/mol. The van der Waals surface area contributed by atoms with Crippen molar-refractivity contribution >= 4 is 17.5 Å². The SMILES string of the molecule is CC1C(=O)NC(=O)CN1c1ccccc1[C@H](C)N. The molecule has 5 heteroatoms. The van der Waals surface area contributed by atoms with E-state index in [-0.39, 0.29) is 30.4 Å². The molecule has 0 aliphatic carbocycles. The second-order valence-corrected chi connectivity index (χ2v) is 4.56. The van der Waals surface area contributed by atoms with Crippen molar-refractivity contribution in [3.8, 4) is 0 Å². The van der Waals surface area contributed by atoms with E-state index in [1.165, 1.54) is 0 Å². The first-order valence-corrected chi connectivity index (χ1v) is 5.95. The number of piperazine rings is 1. The Kier molecular flexibility index (Phi) is 3.34. The van der Waals surface area contributed by atoms with Crippen LogP contribution in [0, 0.1) is 0 Å². The minimum absolute atomic E-state index is 0.145. The lowest BCUT2D eigenvalue weighted by Crippen LogP contribution is -2.57. The molecule has 0 bridgehead atoms. The van der Waals surface area contributed by atoms with Gasteiger partial charge in [-0.1, -0.05) is 18.2 Å². The van der Waals surface area contributed by atoms with Gasteiger partial charge in [0.05, 0.1) is 6.54 Å². The van der Waals surface area contributed by atoms with E-state index < -0.39 is 0 Å². The van der Waals surface area contributed by atoms with E-state index in [2.05, 4.69) is 5.32 Å². The van der Waals surface area contributed by atoms with Gasteiger partial charge in [-0.05, 0) is 25.5 Å². The van der Waals surface area contributed by atoms with Crippen LogP contribution in [0.4, 0.5) is 5.69 Å². The van der Waals surface area contributed by atoms with E-state index in [1.807, 2.05) is 31.2 Å². The molecule has 18 heavy (non-hydrogen) atoms. The van der Waals surface area contributed by atoms with Crippen LogP contribution in [0.3, 0.4) is 0 Å². The van der Waals surface area contributed by atoms with Crippen molar-refractivity contribution in [1.29, 1.82) is 0 Å². The summed E-state index contributed by atoms with van der Waals surface area (Å²) >= 11 is 0. The molecular formula is C13H17N3O2. The fraction of sp³-hybridized carbons (Fsp3) is 0.385. The number of nitrogens with two attached hydrogens (primary N) is 1. The molecule has 5 nitrogen and oxygen atoms in total. The first-order valence-electron chi connectivity index (χ1n) is 5.95. The topological polar surface area (TPSA) is 75.4 Å². The minimum Gasteiger partial charge on any atom is -0.350 e. The lowest BCUT2D eigenvalue weighted by atomic mass is 10.0. The van der Waals surface area contributed by atoms with Crippen molar-refractivity contribution in [2.75, 3.05) is 11.4 Å². The van der Waals surface area contributed by atoms with Crippen molar-refractivity contribution in [1.82, 2.24) is 5.32 Å². The van der Waals surface area contributed by atoms with Crippen LogP contribution in [-0.2, 0) is 9.59 Å². The Morgan fingerprint density at radius 1 is 1.39 bits per heavy atom. The predicted molar refractivity (Wildman–Crippen MR) is 69.0 cm³/mol. The molecule has 0 spiro atoms. The van der Waals surface area contributed by atoms with Crippen molar-refractivity contribution < 1.29 is 9.59 Å². The third-order valence-corrected chi connectivity index (χ3v) is 3.16. The van der Waals surface area contributed by atoms with Crippen molar-refractivity contribution in [2.45, 2.75) is 25.9 Å². The predicted octanol–water partition coefficient (Wildman–Crippen LogP) is 0.558. The fourth-order valence-corrected chi connectivity index (χ4v) is 2.14. The number of carbonyl (C=O) groups is 2. The Labute approximate surface area is 106 Å². The van der Waals surface area contributed by atoms with Crippen LogP contribution in [0.2, 0.25) is 0 Å². The number of amides is 2. The molecule has 1 fully saturated rings. The number of hydrogen-bond acceptors (Lipinski definition) is 4. The van der Waals surface area contributed by atoms with Gasteiger partial charge in [-0.25, -0.2) is 0 Å². The van der Waals surface area contributed by atoms with Crippen molar-refractivity contribution in [3.05, 3.63) is 29.8 Å². The average Bonchev–Trinajstić information content (AvgIpc) is 2.33. The van der Waals surface area contributed by atoms with Gasteiger partial charge in [0.15, 0.2) is 0 Å². The molecule has 2 atom stereocenters. The number of nitrogens with zero attached hydrogens (tertiary/aromatic N) is 1. The minimum atomic E-state index is -0.373. The molecule has 1 aliphatic rings. The van der Waals surface area contributed by atoms with Crippen LogP contribution in [0.25, 0.3) is 0 Å². The molecule has 96 valence electrons. The summed E-state index contributed by atoms with van der Waals surface area (Å²) in [5.41, 5.74) is 7.71. The zero-order valence-electron chi connectivity index (χ0n) is 10.5. The standard InChI is InChI=1S/C13H17N3O2/c1-8(14)10-5-3-4-6-11(10)16-7-12(17)15-13(18)9(16)2/h3-6,8-9H,7,14H2,1-2H3,(H,15,17,18)/t8-,9?/m0/s1. The fourth-order valence-electron chi connectivity index (χ4n) is 2.14. The van der Waals surface area contributed by atoms with E-state index in [0.29, 0.717) is 0 Å². The maximum Gasteiger partial charge on any atom is 0.249 e. The zero-order valence-corrected chi connectivity index (χ0v) is 10.5. The van der Waals surface area contributed by atoms with Gasteiger partial charge < -0.3 is 10.6 Å². The molecular weight excluding hydrogens is 230 g/mol. The largest absolute Gasteiger partial charge is 0.350 e. The highest BCUT2D eigenvalue weighted by molar-refractivity contribution is 6.04. The smallest absolute Gasteiger partial charge is 0.249 e. The maximum absolute atomic E-state index is 11.7. The molecule has 0 aromatic heterocycles. The summed E-state index contributed by atoms with van der Waals surface area (Å²) in [6, 6.07) is 7.07. The Balaban J connectivity index is 2.41. The summed E-state index contributed by atoms with van der Waals surface area (Å²) in [6.45, 7) is 3.84. The second kappa shape index (κ2) is 4.78. The van der Waals surface area contributed by atoms with Gasteiger partial charge in [0.25, 0.3) is 0 Å². The van der Waals surface area contributed by atoms with E-state index >= 15 is 0 Å². The normalized spacial score (nSPS) is 21.7. The first-order chi connectivity index (χ1) is 8.50. The number of rotatable bonds is 2. The lowest BCUT2D eigenvalue weighted by molar-refractivity contribution is -0.132. The molecule has 1 unspecified atom stereocenters. The summed E-state index contributed by atoms with van der Waals surface area (Å²) in [4.78, 5) is 24.9. The van der Waals surface area contributed by atoms with Crippen molar-refractivity contribution in [3.63, 3.8) is 0 Å². The summed E-state index contributed by atoms with van der Waals surface area (Å²) in [6.07, 6.45) is 0. The zero-order chi connectivity index (χ0) is 13.3. The quantitative estimate of drug-likeness (QED) is 0.749. The van der Waals surface area contributed by atoms with E-state index in [1.54, 1.807) is 11.8 Å². The number of nitrogens with one attached hydrogen (secondary N) is 1. The number of hydrogen-bond donors (Lipinski definition) is 2. The van der Waals surface area contributed by atoms with Gasteiger partial charge in [0, 0.05) is 11.7 Å². The highest BCUT2D eigenvalue weighted by Crippen LogP contribution is 2.27. The van der Waals surface area contributed by atoms with Crippen LogP contribution in [0.1, 0.15) is 25.5 Å². The number of carbonyl (C=O) groups excluding carboxylic acids is 2. The van der Waals surface area contributed by atoms with Crippen LogP contribution < -0.4 is 16.0 Å². The number of imide groups is 1. The summed E-state index contributed by atoms with van der Waals surface area (Å²) in [5, 5.41) is 2.33. The second-order valence-electron chi connectivity index (χ2n) is 4.56. The molecule has 2 amide bonds. The molecule has 1 aliphatic heterocycles. The van der Waals surface area contributed by atoms with Gasteiger partial charge in [-0.3, -0.25) is 14.9 Å². The molecule has 3 N–H and O–H groups in total. The third kappa shape index (κ3) is 2.22.